The summed E-state index contributed by atoms with van der Waals surface area (Å²) in [5.41, 5.74) is 8.24. The van der Waals surface area contributed by atoms with E-state index in [0.717, 1.165) is 11.3 Å². The van der Waals surface area contributed by atoms with Crippen molar-refractivity contribution >= 4 is 32.3 Å². The second kappa shape index (κ2) is 7.78. The molecule has 0 radical (unpaired) electrons. The minimum absolute atomic E-state index is 0.996. The van der Waals surface area contributed by atoms with Crippen LogP contribution in [0, 0.1) is 6.92 Å². The molecule has 0 aliphatic heterocycles. The van der Waals surface area contributed by atoms with E-state index >= 15 is 0 Å². The van der Waals surface area contributed by atoms with Gasteiger partial charge in [-0.05, 0) is 73.6 Å². The first-order chi connectivity index (χ1) is 17.3. The molecule has 1 nitrogen and oxygen atoms in total. The fourth-order valence-corrected chi connectivity index (χ4v) is 5.49. The van der Waals surface area contributed by atoms with Gasteiger partial charge in [-0.1, -0.05) is 103 Å². The van der Waals surface area contributed by atoms with E-state index in [4.69, 9.17) is 4.98 Å². The molecule has 7 rings (SSSR count). The van der Waals surface area contributed by atoms with Crippen LogP contribution < -0.4 is 0 Å². The maximum absolute atomic E-state index is 4.96. The van der Waals surface area contributed by atoms with Gasteiger partial charge in [0.1, 0.15) is 0 Å². The summed E-state index contributed by atoms with van der Waals surface area (Å²) in [5.74, 6) is 0. The first kappa shape index (κ1) is 19.9. The minimum Gasteiger partial charge on any atom is -0.256 e. The van der Waals surface area contributed by atoms with Crippen LogP contribution in [0.25, 0.3) is 65.8 Å². The minimum atomic E-state index is 0.996. The molecule has 0 saturated carbocycles. The Morgan fingerprint density at radius 1 is 0.486 bits per heavy atom. The van der Waals surface area contributed by atoms with Crippen LogP contribution in [0.4, 0.5) is 0 Å². The van der Waals surface area contributed by atoms with Crippen LogP contribution in [0.1, 0.15) is 5.56 Å². The Morgan fingerprint density at radius 3 is 1.74 bits per heavy atom. The number of rotatable bonds is 3. The lowest BCUT2D eigenvalue weighted by Crippen LogP contribution is -1.93. The molecule has 0 bridgehead atoms. The molecule has 7 aromatic rings. The lowest BCUT2D eigenvalue weighted by molar-refractivity contribution is 1.33. The van der Waals surface area contributed by atoms with Crippen molar-refractivity contribution in [1.82, 2.24) is 4.98 Å². The third kappa shape index (κ3) is 3.20. The van der Waals surface area contributed by atoms with Gasteiger partial charge in [0.25, 0.3) is 0 Å². The number of aromatic nitrogens is 1. The van der Waals surface area contributed by atoms with Gasteiger partial charge in [0.05, 0.1) is 5.69 Å². The predicted molar refractivity (Wildman–Crippen MR) is 149 cm³/mol. The van der Waals surface area contributed by atoms with Crippen LogP contribution in [0.3, 0.4) is 0 Å². The molecular weight excluding hydrogens is 422 g/mol. The molecular formula is C34H23N. The maximum Gasteiger partial charge on any atom is 0.0708 e. The van der Waals surface area contributed by atoms with E-state index in [1.165, 1.54) is 60.1 Å². The van der Waals surface area contributed by atoms with Crippen LogP contribution in [0.5, 0.6) is 0 Å². The topological polar surface area (TPSA) is 12.9 Å². The van der Waals surface area contributed by atoms with Crippen molar-refractivity contribution < 1.29 is 0 Å². The Morgan fingerprint density at radius 2 is 1.11 bits per heavy atom. The molecule has 0 aliphatic carbocycles. The summed E-state index contributed by atoms with van der Waals surface area (Å²) in [4.78, 5) is 4.96. The first-order valence-electron chi connectivity index (χ1n) is 12.1. The van der Waals surface area contributed by atoms with Crippen molar-refractivity contribution in [3.63, 3.8) is 0 Å². The molecule has 0 spiro atoms. The van der Waals surface area contributed by atoms with Gasteiger partial charge in [-0.2, -0.15) is 0 Å². The van der Waals surface area contributed by atoms with Gasteiger partial charge in [0.15, 0.2) is 0 Å². The number of nitrogens with zero attached hydrogens (tertiary/aromatic N) is 1. The Kier molecular flexibility index (Phi) is 4.43. The van der Waals surface area contributed by atoms with Crippen molar-refractivity contribution in [1.29, 1.82) is 0 Å². The Labute approximate surface area is 204 Å². The number of pyridine rings is 1. The lowest BCUT2D eigenvalue weighted by atomic mass is 9.86. The van der Waals surface area contributed by atoms with Crippen LogP contribution in [-0.2, 0) is 0 Å². The van der Waals surface area contributed by atoms with E-state index in [0.29, 0.717) is 0 Å². The maximum atomic E-state index is 4.96. The first-order valence-corrected chi connectivity index (χ1v) is 12.1. The summed E-state index contributed by atoms with van der Waals surface area (Å²) >= 11 is 0. The third-order valence-corrected chi connectivity index (χ3v) is 7.09. The highest BCUT2D eigenvalue weighted by Crippen LogP contribution is 2.44. The van der Waals surface area contributed by atoms with Crippen LogP contribution >= 0.6 is 0 Å². The highest BCUT2D eigenvalue weighted by Gasteiger charge is 2.17. The number of hydrogen-bond acceptors (Lipinski definition) is 1. The standard InChI is InChI=1S/C34H23N/c1-22-18-25-12-15-28-30(24-10-6-3-7-11-24)20-31(29-16-13-26(19-22)33(25)34(28)29)32-17-14-27(21-35-32)23-8-4-2-5-9-23/h2-21H,1H3. The second-order valence-electron chi connectivity index (χ2n) is 9.32. The molecule has 0 atom stereocenters. The normalized spacial score (nSPS) is 11.6. The zero-order chi connectivity index (χ0) is 23.4. The van der Waals surface area contributed by atoms with Gasteiger partial charge in [0.2, 0.25) is 0 Å². The van der Waals surface area contributed by atoms with E-state index in [9.17, 15) is 0 Å². The summed E-state index contributed by atoms with van der Waals surface area (Å²) in [6.07, 6.45) is 1.99. The summed E-state index contributed by atoms with van der Waals surface area (Å²) < 4.78 is 0. The molecule has 1 heteroatoms. The predicted octanol–water partition coefficient (Wildman–Crippen LogP) is 9.29. The average Bonchev–Trinajstić information content (AvgIpc) is 2.92. The highest BCUT2D eigenvalue weighted by molar-refractivity contribution is 6.28. The molecule has 0 amide bonds. The van der Waals surface area contributed by atoms with Crippen molar-refractivity contribution in [2.75, 3.05) is 0 Å². The second-order valence-corrected chi connectivity index (χ2v) is 9.32. The largest absolute Gasteiger partial charge is 0.256 e. The Bertz CT molecular complexity index is 1800. The van der Waals surface area contributed by atoms with Crippen LogP contribution in [0.15, 0.2) is 121 Å². The van der Waals surface area contributed by atoms with E-state index in [1.54, 1.807) is 0 Å². The molecule has 0 saturated heterocycles. The van der Waals surface area contributed by atoms with Crippen LogP contribution in [0.2, 0.25) is 0 Å². The molecule has 0 aliphatic rings. The lowest BCUT2D eigenvalue weighted by Gasteiger charge is -2.18. The van der Waals surface area contributed by atoms with E-state index in [1.807, 2.05) is 12.3 Å². The molecule has 164 valence electrons. The fraction of sp³-hybridized carbons (Fsp3) is 0.0294. The van der Waals surface area contributed by atoms with Crippen molar-refractivity contribution in [2.24, 2.45) is 0 Å². The summed E-state index contributed by atoms with van der Waals surface area (Å²) in [6, 6.07) is 41.5. The quantitative estimate of drug-likeness (QED) is 0.247. The average molecular weight is 446 g/mol. The fourth-order valence-electron chi connectivity index (χ4n) is 5.49. The molecule has 6 aromatic carbocycles. The molecule has 1 aromatic heterocycles. The molecule has 0 fully saturated rings. The number of hydrogen-bond donors (Lipinski definition) is 0. The summed E-state index contributed by atoms with van der Waals surface area (Å²) in [7, 11) is 0. The molecule has 0 N–H and O–H groups in total. The van der Waals surface area contributed by atoms with Gasteiger partial charge in [-0.15, -0.1) is 0 Å². The molecule has 35 heavy (non-hydrogen) atoms. The van der Waals surface area contributed by atoms with Gasteiger partial charge in [-0.25, -0.2) is 0 Å². The zero-order valence-electron chi connectivity index (χ0n) is 19.5. The van der Waals surface area contributed by atoms with E-state index < -0.39 is 0 Å². The van der Waals surface area contributed by atoms with Gasteiger partial charge in [0, 0.05) is 17.3 Å². The van der Waals surface area contributed by atoms with Crippen molar-refractivity contribution in [2.45, 2.75) is 6.92 Å². The van der Waals surface area contributed by atoms with Crippen molar-refractivity contribution in [3.05, 3.63) is 127 Å². The molecule has 0 unspecified atom stereocenters. The van der Waals surface area contributed by atoms with E-state index in [-0.39, 0.29) is 0 Å². The van der Waals surface area contributed by atoms with E-state index in [2.05, 4.69) is 116 Å². The smallest absolute Gasteiger partial charge is 0.0708 e. The monoisotopic (exact) mass is 445 g/mol. The SMILES string of the molecule is Cc1cc2ccc3c(-c4ccccc4)cc(-c4ccc(-c5ccccc5)cn4)c4ccc(c1)c2c34. The summed E-state index contributed by atoms with van der Waals surface area (Å²) in [5, 5.41) is 7.79. The number of aryl methyl sites for hydroxylation is 1. The van der Waals surface area contributed by atoms with Gasteiger partial charge >= 0.3 is 0 Å². The van der Waals surface area contributed by atoms with Gasteiger partial charge in [-0.3, -0.25) is 4.98 Å². The zero-order valence-corrected chi connectivity index (χ0v) is 19.5. The Balaban J connectivity index is 1.55. The third-order valence-electron chi connectivity index (χ3n) is 7.09. The van der Waals surface area contributed by atoms with Crippen molar-refractivity contribution in [3.8, 4) is 33.5 Å². The summed E-state index contributed by atoms with van der Waals surface area (Å²) in [6.45, 7) is 2.17. The van der Waals surface area contributed by atoms with Gasteiger partial charge < -0.3 is 0 Å². The Hall–Kier alpha value is -4.49. The number of benzene rings is 6. The molecule has 1 heterocycles. The highest BCUT2D eigenvalue weighted by atomic mass is 14.7. The van der Waals surface area contributed by atoms with Crippen LogP contribution in [-0.4, -0.2) is 4.98 Å².